The van der Waals surface area contributed by atoms with E-state index in [9.17, 15) is 4.79 Å². The van der Waals surface area contributed by atoms with Crippen molar-refractivity contribution in [2.45, 2.75) is 5.75 Å². The number of thioether (sulfide) groups is 1. The number of carbonyl (C=O) groups is 1. The zero-order valence-corrected chi connectivity index (χ0v) is 14.8. The van der Waals surface area contributed by atoms with Gasteiger partial charge in [-0.15, -0.1) is 0 Å². The Labute approximate surface area is 150 Å². The molecule has 0 aliphatic rings. The number of hydrogen-bond donors (Lipinski definition) is 1. The molecule has 23 heavy (non-hydrogen) atoms. The first-order chi connectivity index (χ1) is 11.1. The molecule has 0 fully saturated rings. The maximum atomic E-state index is 11.7. The van der Waals surface area contributed by atoms with Gasteiger partial charge in [-0.2, -0.15) is 11.8 Å². The number of carbonyl (C=O) groups excluding carboxylic acids is 1. The van der Waals surface area contributed by atoms with Crippen molar-refractivity contribution in [2.24, 2.45) is 0 Å². The van der Waals surface area contributed by atoms with Crippen molar-refractivity contribution in [3.63, 3.8) is 0 Å². The van der Waals surface area contributed by atoms with Gasteiger partial charge in [-0.05, 0) is 17.7 Å². The molecule has 0 aliphatic carbocycles. The van der Waals surface area contributed by atoms with Crippen LogP contribution in [0.4, 0.5) is 0 Å². The van der Waals surface area contributed by atoms with Crippen molar-refractivity contribution in [1.82, 2.24) is 5.32 Å². The average Bonchev–Trinajstić information content (AvgIpc) is 2.56. The van der Waals surface area contributed by atoms with E-state index >= 15 is 0 Å². The normalized spacial score (nSPS) is 10.3. The maximum Gasteiger partial charge on any atom is 0.257 e. The van der Waals surface area contributed by atoms with E-state index < -0.39 is 0 Å². The number of amides is 1. The molecule has 1 amide bonds. The van der Waals surface area contributed by atoms with Crippen LogP contribution in [0.25, 0.3) is 0 Å². The third-order valence-electron chi connectivity index (χ3n) is 2.94. The fraction of sp³-hybridized carbons (Fsp3) is 0.235. The smallest absolute Gasteiger partial charge is 0.257 e. The number of hydrogen-bond acceptors (Lipinski definition) is 3. The van der Waals surface area contributed by atoms with E-state index in [2.05, 4.69) is 17.4 Å². The van der Waals surface area contributed by atoms with Crippen LogP contribution in [-0.2, 0) is 10.5 Å². The minimum atomic E-state index is -0.156. The maximum absolute atomic E-state index is 11.7. The highest BCUT2D eigenvalue weighted by Crippen LogP contribution is 2.26. The van der Waals surface area contributed by atoms with Crippen molar-refractivity contribution >= 4 is 40.9 Å². The fourth-order valence-electron chi connectivity index (χ4n) is 1.79. The molecular weight excluding hydrogens is 353 g/mol. The molecule has 0 atom stereocenters. The molecule has 2 aromatic carbocycles. The van der Waals surface area contributed by atoms with Crippen molar-refractivity contribution in [1.29, 1.82) is 0 Å². The van der Waals surface area contributed by atoms with Gasteiger partial charge in [0.1, 0.15) is 5.75 Å². The van der Waals surface area contributed by atoms with E-state index in [0.717, 1.165) is 11.5 Å². The molecule has 0 heterocycles. The Bertz CT molecular complexity index is 638. The van der Waals surface area contributed by atoms with E-state index in [1.54, 1.807) is 30.0 Å². The van der Waals surface area contributed by atoms with Crippen molar-refractivity contribution in [3.05, 3.63) is 64.1 Å². The van der Waals surface area contributed by atoms with Crippen LogP contribution in [0.2, 0.25) is 10.0 Å². The van der Waals surface area contributed by atoms with Gasteiger partial charge in [-0.25, -0.2) is 0 Å². The lowest BCUT2D eigenvalue weighted by molar-refractivity contribution is -0.122. The number of ether oxygens (including phenoxy) is 1. The summed E-state index contributed by atoms with van der Waals surface area (Å²) < 4.78 is 5.37. The van der Waals surface area contributed by atoms with Crippen molar-refractivity contribution in [3.8, 4) is 5.75 Å². The highest BCUT2D eigenvalue weighted by atomic mass is 35.5. The molecule has 0 radical (unpaired) electrons. The van der Waals surface area contributed by atoms with Crippen LogP contribution in [0, 0.1) is 0 Å². The second kappa shape index (κ2) is 9.71. The highest BCUT2D eigenvalue weighted by Gasteiger charge is 2.04. The molecule has 0 bridgehead atoms. The first-order valence-corrected chi connectivity index (χ1v) is 9.02. The summed E-state index contributed by atoms with van der Waals surface area (Å²) in [7, 11) is 0. The molecule has 0 saturated carbocycles. The quantitative estimate of drug-likeness (QED) is 0.699. The Balaban J connectivity index is 1.59. The molecule has 0 aliphatic heterocycles. The van der Waals surface area contributed by atoms with Gasteiger partial charge in [0.15, 0.2) is 6.61 Å². The van der Waals surface area contributed by atoms with E-state index in [0.29, 0.717) is 22.3 Å². The minimum absolute atomic E-state index is 0.0404. The van der Waals surface area contributed by atoms with Crippen molar-refractivity contribution < 1.29 is 9.53 Å². The van der Waals surface area contributed by atoms with Gasteiger partial charge in [0, 0.05) is 24.1 Å². The molecule has 0 saturated heterocycles. The topological polar surface area (TPSA) is 38.3 Å². The zero-order chi connectivity index (χ0) is 16.5. The first-order valence-electron chi connectivity index (χ1n) is 7.11. The summed E-state index contributed by atoms with van der Waals surface area (Å²) in [5.74, 6) is 2.16. The van der Waals surface area contributed by atoms with Gasteiger partial charge in [0.2, 0.25) is 0 Å². The molecular formula is C17H17Cl2NO2S. The molecule has 1 N–H and O–H groups in total. The largest absolute Gasteiger partial charge is 0.484 e. The summed E-state index contributed by atoms with van der Waals surface area (Å²) >= 11 is 13.5. The predicted octanol–water partition coefficient (Wildman–Crippen LogP) is 4.42. The second-order valence-corrected chi connectivity index (χ2v) is 6.67. The summed E-state index contributed by atoms with van der Waals surface area (Å²) in [6, 6.07) is 15.1. The Morgan fingerprint density at radius 1 is 1.09 bits per heavy atom. The number of rotatable bonds is 8. The van der Waals surface area contributed by atoms with E-state index in [4.69, 9.17) is 27.9 Å². The lowest BCUT2D eigenvalue weighted by atomic mass is 10.2. The second-order valence-electron chi connectivity index (χ2n) is 4.75. The van der Waals surface area contributed by atoms with E-state index in [1.165, 1.54) is 5.56 Å². The zero-order valence-electron chi connectivity index (χ0n) is 12.4. The lowest BCUT2D eigenvalue weighted by Crippen LogP contribution is -2.30. The number of nitrogens with one attached hydrogen (secondary N) is 1. The Morgan fingerprint density at radius 2 is 1.87 bits per heavy atom. The van der Waals surface area contributed by atoms with Gasteiger partial charge >= 0.3 is 0 Å². The molecule has 122 valence electrons. The monoisotopic (exact) mass is 369 g/mol. The Hall–Kier alpha value is -1.36. The van der Waals surface area contributed by atoms with Gasteiger partial charge in [0.05, 0.1) is 10.0 Å². The Kier molecular flexibility index (Phi) is 7.59. The molecule has 2 rings (SSSR count). The van der Waals surface area contributed by atoms with Crippen LogP contribution in [0.5, 0.6) is 5.75 Å². The van der Waals surface area contributed by atoms with Gasteiger partial charge in [-0.3, -0.25) is 4.79 Å². The molecule has 0 aromatic heterocycles. The van der Waals surface area contributed by atoms with Crippen LogP contribution >= 0.6 is 35.0 Å². The van der Waals surface area contributed by atoms with Gasteiger partial charge in [-0.1, -0.05) is 53.5 Å². The highest BCUT2D eigenvalue weighted by molar-refractivity contribution is 7.98. The fourth-order valence-corrected chi connectivity index (χ4v) is 2.90. The third kappa shape index (κ3) is 6.73. The van der Waals surface area contributed by atoms with Gasteiger partial charge in [0.25, 0.3) is 5.91 Å². The lowest BCUT2D eigenvalue weighted by Gasteiger charge is -2.08. The molecule has 6 heteroatoms. The number of halogens is 2. The summed E-state index contributed by atoms with van der Waals surface area (Å²) in [6.07, 6.45) is 0. The molecule has 0 spiro atoms. The van der Waals surface area contributed by atoms with Crippen molar-refractivity contribution in [2.75, 3.05) is 18.9 Å². The predicted molar refractivity (Wildman–Crippen MR) is 97.6 cm³/mol. The summed E-state index contributed by atoms with van der Waals surface area (Å²) in [5, 5.41) is 3.68. The summed E-state index contributed by atoms with van der Waals surface area (Å²) in [4.78, 5) is 11.7. The van der Waals surface area contributed by atoms with Crippen LogP contribution < -0.4 is 10.1 Å². The van der Waals surface area contributed by atoms with E-state index in [1.807, 2.05) is 18.2 Å². The number of benzene rings is 2. The van der Waals surface area contributed by atoms with Gasteiger partial charge < -0.3 is 10.1 Å². The SMILES string of the molecule is O=C(COc1ccc(Cl)c(Cl)c1)NCCSCc1ccccc1. The summed E-state index contributed by atoms with van der Waals surface area (Å²) in [5.41, 5.74) is 1.28. The summed E-state index contributed by atoms with van der Waals surface area (Å²) in [6.45, 7) is 0.572. The van der Waals surface area contributed by atoms with Crippen LogP contribution in [-0.4, -0.2) is 24.8 Å². The van der Waals surface area contributed by atoms with E-state index in [-0.39, 0.29) is 12.5 Å². The molecule has 3 nitrogen and oxygen atoms in total. The Morgan fingerprint density at radius 3 is 2.61 bits per heavy atom. The first kappa shape index (κ1) is 18.0. The minimum Gasteiger partial charge on any atom is -0.484 e. The van der Waals surface area contributed by atoms with Crippen LogP contribution in [0.3, 0.4) is 0 Å². The molecule has 2 aromatic rings. The van der Waals surface area contributed by atoms with Crippen LogP contribution in [0.1, 0.15) is 5.56 Å². The molecule has 0 unspecified atom stereocenters. The van der Waals surface area contributed by atoms with Crippen LogP contribution in [0.15, 0.2) is 48.5 Å². The third-order valence-corrected chi connectivity index (χ3v) is 4.71. The average molecular weight is 370 g/mol. The standard InChI is InChI=1S/C17H17Cl2NO2S/c18-15-7-6-14(10-16(15)19)22-11-17(21)20-8-9-23-12-13-4-2-1-3-5-13/h1-7,10H,8-9,11-12H2,(H,20,21).